The van der Waals surface area contributed by atoms with E-state index in [1.807, 2.05) is 0 Å². The topological polar surface area (TPSA) is 75.3 Å². The highest BCUT2D eigenvalue weighted by molar-refractivity contribution is 7.20. The van der Waals surface area contributed by atoms with Gasteiger partial charge in [-0.1, -0.05) is 30.3 Å². The van der Waals surface area contributed by atoms with Gasteiger partial charge in [0.25, 0.3) is 5.56 Å². The molecular formula is C22H25N3O3S. The fourth-order valence-corrected chi connectivity index (χ4v) is 5.18. The van der Waals surface area contributed by atoms with Gasteiger partial charge in [0.15, 0.2) is 0 Å². The average Bonchev–Trinajstić information content (AvgIpc) is 3.06. The number of piperidine rings is 1. The van der Waals surface area contributed by atoms with Crippen LogP contribution in [0.5, 0.6) is 0 Å². The van der Waals surface area contributed by atoms with Gasteiger partial charge in [-0.15, -0.1) is 11.3 Å². The molecule has 3 heterocycles. The lowest BCUT2D eigenvalue weighted by Crippen LogP contribution is -2.34. The lowest BCUT2D eigenvalue weighted by Gasteiger charge is -2.31. The Morgan fingerprint density at radius 1 is 1.28 bits per heavy atom. The van der Waals surface area contributed by atoms with Gasteiger partial charge in [-0.3, -0.25) is 9.69 Å². The van der Waals surface area contributed by atoms with Gasteiger partial charge in [-0.2, -0.15) is 0 Å². The summed E-state index contributed by atoms with van der Waals surface area (Å²) in [4.78, 5) is 35.4. The first-order valence-corrected chi connectivity index (χ1v) is 10.7. The molecule has 152 valence electrons. The Morgan fingerprint density at radius 3 is 2.69 bits per heavy atom. The molecule has 1 aliphatic heterocycles. The zero-order chi connectivity index (χ0) is 20.4. The summed E-state index contributed by atoms with van der Waals surface area (Å²) in [5, 5.41) is 0.487. The number of hydrogen-bond donors (Lipinski definition) is 1. The van der Waals surface area contributed by atoms with E-state index in [0.717, 1.165) is 32.4 Å². The van der Waals surface area contributed by atoms with Crippen molar-refractivity contribution in [3.63, 3.8) is 0 Å². The highest BCUT2D eigenvalue weighted by Crippen LogP contribution is 2.28. The molecule has 0 unspecified atom stereocenters. The van der Waals surface area contributed by atoms with E-state index in [4.69, 9.17) is 4.74 Å². The van der Waals surface area contributed by atoms with Gasteiger partial charge in [-0.05, 0) is 56.3 Å². The van der Waals surface area contributed by atoms with Crippen LogP contribution in [0.4, 0.5) is 0 Å². The van der Waals surface area contributed by atoms with Crippen molar-refractivity contribution in [3.8, 4) is 0 Å². The van der Waals surface area contributed by atoms with Crippen LogP contribution >= 0.6 is 11.3 Å². The van der Waals surface area contributed by atoms with Crippen LogP contribution in [0.2, 0.25) is 0 Å². The quantitative estimate of drug-likeness (QED) is 0.650. The molecule has 0 amide bonds. The zero-order valence-electron chi connectivity index (χ0n) is 16.7. The molecule has 0 radical (unpaired) electrons. The monoisotopic (exact) mass is 411 g/mol. The lowest BCUT2D eigenvalue weighted by molar-refractivity contribution is 0.0605. The van der Waals surface area contributed by atoms with Crippen LogP contribution < -0.4 is 5.56 Å². The number of esters is 1. The lowest BCUT2D eigenvalue weighted by atomic mass is 9.90. The number of nitrogens with one attached hydrogen (secondary N) is 1. The van der Waals surface area contributed by atoms with E-state index < -0.39 is 5.97 Å². The number of nitrogens with zero attached hydrogens (tertiary/aromatic N) is 2. The number of aryl methyl sites for hydroxylation is 1. The molecule has 3 aromatic rings. The number of carbonyl (C=O) groups is 1. The van der Waals surface area contributed by atoms with Gasteiger partial charge in [0.1, 0.15) is 15.5 Å². The van der Waals surface area contributed by atoms with Crippen molar-refractivity contribution in [2.24, 2.45) is 5.92 Å². The predicted octanol–water partition coefficient (Wildman–Crippen LogP) is 3.53. The molecule has 7 heteroatoms. The highest BCUT2D eigenvalue weighted by atomic mass is 32.1. The summed E-state index contributed by atoms with van der Waals surface area (Å²) in [6, 6.07) is 10.6. The molecule has 0 saturated carbocycles. The summed E-state index contributed by atoms with van der Waals surface area (Å²) in [5.41, 5.74) is 1.85. The minimum atomic E-state index is -0.424. The van der Waals surface area contributed by atoms with Crippen molar-refractivity contribution in [1.82, 2.24) is 14.9 Å². The van der Waals surface area contributed by atoms with E-state index in [-0.39, 0.29) is 5.56 Å². The number of thiophene rings is 1. The first-order valence-electron chi connectivity index (χ1n) is 9.92. The van der Waals surface area contributed by atoms with Crippen LogP contribution in [0.15, 0.2) is 35.1 Å². The van der Waals surface area contributed by atoms with E-state index in [1.54, 1.807) is 6.92 Å². The molecule has 6 nitrogen and oxygen atoms in total. The summed E-state index contributed by atoms with van der Waals surface area (Å²) in [6.07, 6.45) is 3.42. The molecule has 1 N–H and O–H groups in total. The number of carbonyl (C=O) groups excluding carboxylic acids is 1. The Labute approximate surface area is 173 Å². The third-order valence-electron chi connectivity index (χ3n) is 5.67. The molecular weight excluding hydrogens is 386 g/mol. The van der Waals surface area contributed by atoms with Crippen molar-refractivity contribution in [3.05, 3.63) is 62.5 Å². The van der Waals surface area contributed by atoms with Crippen LogP contribution in [-0.2, 0) is 17.7 Å². The average molecular weight is 412 g/mol. The van der Waals surface area contributed by atoms with Crippen molar-refractivity contribution < 1.29 is 9.53 Å². The van der Waals surface area contributed by atoms with Gasteiger partial charge in [0, 0.05) is 0 Å². The van der Waals surface area contributed by atoms with E-state index >= 15 is 0 Å². The van der Waals surface area contributed by atoms with Crippen molar-refractivity contribution in [1.29, 1.82) is 0 Å². The minimum Gasteiger partial charge on any atom is -0.465 e. The number of ether oxygens (including phenoxy) is 1. The Morgan fingerprint density at radius 2 is 2.00 bits per heavy atom. The second kappa shape index (κ2) is 8.47. The molecule has 0 atom stereocenters. The number of benzene rings is 1. The number of hydrogen-bond acceptors (Lipinski definition) is 6. The van der Waals surface area contributed by atoms with Crippen molar-refractivity contribution in [2.75, 3.05) is 20.2 Å². The van der Waals surface area contributed by atoms with Gasteiger partial charge >= 0.3 is 5.97 Å². The smallest absolute Gasteiger partial charge is 0.348 e. The number of aromatic nitrogens is 2. The molecule has 1 aromatic carbocycles. The van der Waals surface area contributed by atoms with Crippen LogP contribution in [0.25, 0.3) is 10.2 Å². The van der Waals surface area contributed by atoms with E-state index in [1.165, 1.54) is 24.0 Å². The van der Waals surface area contributed by atoms with Gasteiger partial charge in [0.05, 0.1) is 19.0 Å². The van der Waals surface area contributed by atoms with Gasteiger partial charge in [0.2, 0.25) is 0 Å². The normalized spacial score (nSPS) is 15.7. The Bertz CT molecular complexity index is 1070. The molecule has 1 aliphatic rings. The number of methoxy groups -OCH3 is 1. The summed E-state index contributed by atoms with van der Waals surface area (Å²) < 4.78 is 4.81. The standard InChI is InChI=1S/C22H25N3O3S/c1-14-18-20(26)23-17(24-21(18)29-19(14)22(27)28-2)13-25-10-8-16(9-11-25)12-15-6-4-3-5-7-15/h3-7,16H,8-13H2,1-2H3,(H,23,24,26). The second-order valence-corrected chi connectivity index (χ2v) is 8.65. The SMILES string of the molecule is COC(=O)c1sc2nc(CN3CCC(Cc4ccccc4)CC3)[nH]c(=O)c2c1C. The summed E-state index contributed by atoms with van der Waals surface area (Å²) in [6.45, 7) is 4.37. The maximum atomic E-state index is 12.6. The highest BCUT2D eigenvalue weighted by Gasteiger charge is 2.22. The number of fused-ring (bicyclic) bond motifs is 1. The Kier molecular flexibility index (Phi) is 5.78. The summed E-state index contributed by atoms with van der Waals surface area (Å²) in [5.74, 6) is 0.930. The number of aromatic amines is 1. The maximum absolute atomic E-state index is 12.6. The van der Waals surface area contributed by atoms with E-state index in [0.29, 0.717) is 38.9 Å². The molecule has 0 spiro atoms. The predicted molar refractivity (Wildman–Crippen MR) is 114 cm³/mol. The van der Waals surface area contributed by atoms with Crippen molar-refractivity contribution >= 4 is 27.5 Å². The Balaban J connectivity index is 1.43. The fourth-order valence-electron chi connectivity index (χ4n) is 4.06. The van der Waals surface area contributed by atoms with Crippen LogP contribution in [0.3, 0.4) is 0 Å². The third-order valence-corrected chi connectivity index (χ3v) is 6.83. The Hall–Kier alpha value is -2.51. The first kappa shape index (κ1) is 19.8. The molecule has 0 aliphatic carbocycles. The molecule has 2 aromatic heterocycles. The first-order chi connectivity index (χ1) is 14.0. The summed E-state index contributed by atoms with van der Waals surface area (Å²) in [7, 11) is 1.34. The minimum absolute atomic E-state index is 0.187. The second-order valence-electron chi connectivity index (χ2n) is 7.65. The molecule has 0 bridgehead atoms. The van der Waals surface area contributed by atoms with Crippen molar-refractivity contribution in [2.45, 2.75) is 32.7 Å². The van der Waals surface area contributed by atoms with Crippen LogP contribution in [0.1, 0.15) is 39.5 Å². The number of likely N-dealkylation sites (tertiary alicyclic amines) is 1. The maximum Gasteiger partial charge on any atom is 0.348 e. The molecule has 4 rings (SSSR count). The zero-order valence-corrected chi connectivity index (χ0v) is 17.6. The third kappa shape index (κ3) is 4.26. The van der Waals surface area contributed by atoms with Crippen LogP contribution in [0, 0.1) is 12.8 Å². The van der Waals surface area contributed by atoms with Crippen LogP contribution in [-0.4, -0.2) is 41.0 Å². The number of H-pyrrole nitrogens is 1. The number of rotatable bonds is 5. The molecule has 1 fully saturated rings. The van der Waals surface area contributed by atoms with E-state index in [9.17, 15) is 9.59 Å². The molecule has 1 saturated heterocycles. The fraction of sp³-hybridized carbons (Fsp3) is 0.409. The van der Waals surface area contributed by atoms with Gasteiger partial charge < -0.3 is 9.72 Å². The van der Waals surface area contributed by atoms with Gasteiger partial charge in [-0.25, -0.2) is 9.78 Å². The molecule has 29 heavy (non-hydrogen) atoms. The van der Waals surface area contributed by atoms with E-state index in [2.05, 4.69) is 45.2 Å². The summed E-state index contributed by atoms with van der Waals surface area (Å²) >= 11 is 1.22. The largest absolute Gasteiger partial charge is 0.465 e.